The first-order valence-electron chi connectivity index (χ1n) is 11.3. The summed E-state index contributed by atoms with van der Waals surface area (Å²) in [5.41, 5.74) is 10.0. The topological polar surface area (TPSA) is 96.3 Å². The summed E-state index contributed by atoms with van der Waals surface area (Å²) < 4.78 is 5.93. The van der Waals surface area contributed by atoms with E-state index in [9.17, 15) is 4.79 Å². The predicted octanol–water partition coefficient (Wildman–Crippen LogP) is 4.78. The highest BCUT2D eigenvalue weighted by Crippen LogP contribution is 2.32. The number of aromatic nitrogens is 2. The minimum atomic E-state index is -0.214. The van der Waals surface area contributed by atoms with Gasteiger partial charge in [-0.05, 0) is 49.0 Å². The summed E-state index contributed by atoms with van der Waals surface area (Å²) in [6.45, 7) is 2.60. The van der Waals surface area contributed by atoms with E-state index in [0.717, 1.165) is 35.1 Å². The molecule has 1 aliphatic rings. The van der Waals surface area contributed by atoms with Crippen LogP contribution in [0.25, 0.3) is 22.0 Å². The number of aromatic amines is 1. The van der Waals surface area contributed by atoms with Gasteiger partial charge in [0.15, 0.2) is 17.4 Å². The van der Waals surface area contributed by atoms with E-state index in [1.807, 2.05) is 37.4 Å². The minimum absolute atomic E-state index is 0.0670. The van der Waals surface area contributed by atoms with Crippen molar-refractivity contribution in [2.24, 2.45) is 0 Å². The number of piperazine rings is 1. The Hall–Kier alpha value is -3.10. The van der Waals surface area contributed by atoms with Gasteiger partial charge in [-0.25, -0.2) is 4.98 Å². The monoisotopic (exact) mass is 509 g/mol. The predicted molar refractivity (Wildman–Crippen MR) is 140 cm³/mol. The van der Waals surface area contributed by atoms with Crippen molar-refractivity contribution in [1.82, 2.24) is 20.2 Å². The molecule has 2 aromatic carbocycles. The number of nitrogens with two attached hydrogens (primary N) is 1. The van der Waals surface area contributed by atoms with E-state index in [1.165, 1.54) is 0 Å². The molecule has 0 amide bonds. The molecule has 1 aliphatic heterocycles. The minimum Gasteiger partial charge on any atom is -0.485 e. The first kappa shape index (κ1) is 23.6. The fraction of sp³-hybridized carbons (Fsp3) is 0.231. The molecule has 0 spiro atoms. The second-order valence-corrected chi connectivity index (χ2v) is 9.53. The molecule has 4 N–H and O–H groups in total. The molecule has 180 valence electrons. The Morgan fingerprint density at radius 3 is 2.74 bits per heavy atom. The second kappa shape index (κ2) is 9.87. The molecule has 0 saturated carbocycles. The first-order chi connectivity index (χ1) is 16.9. The van der Waals surface area contributed by atoms with Gasteiger partial charge in [-0.3, -0.25) is 4.79 Å². The maximum absolute atomic E-state index is 13.0. The summed E-state index contributed by atoms with van der Waals surface area (Å²) in [6, 6.07) is 14.8. The number of nitrogens with one attached hydrogen (secondary N) is 2. The van der Waals surface area contributed by atoms with Gasteiger partial charge in [-0.2, -0.15) is 0 Å². The zero-order chi connectivity index (χ0) is 24.5. The third-order valence-electron chi connectivity index (χ3n) is 6.23. The van der Waals surface area contributed by atoms with Crippen molar-refractivity contribution in [3.63, 3.8) is 0 Å². The number of hydrogen-bond acceptors (Lipinski definition) is 6. The van der Waals surface area contributed by atoms with Crippen molar-refractivity contribution < 1.29 is 9.53 Å². The van der Waals surface area contributed by atoms with Crippen LogP contribution in [0.5, 0.6) is 5.75 Å². The number of anilines is 1. The number of hydrogen-bond donors (Lipinski definition) is 3. The van der Waals surface area contributed by atoms with E-state index in [0.29, 0.717) is 33.6 Å². The highest BCUT2D eigenvalue weighted by Gasteiger charge is 2.25. The van der Waals surface area contributed by atoms with Crippen LogP contribution in [0.3, 0.4) is 0 Å². The van der Waals surface area contributed by atoms with E-state index < -0.39 is 0 Å². The molecule has 3 heterocycles. The summed E-state index contributed by atoms with van der Waals surface area (Å²) in [7, 11) is 2.03. The van der Waals surface area contributed by atoms with Crippen LogP contribution >= 0.6 is 23.2 Å². The van der Waals surface area contributed by atoms with Crippen molar-refractivity contribution in [2.45, 2.75) is 12.6 Å². The number of benzene rings is 2. The standard InChI is InChI=1S/C26H25Cl2N5O2/c1-33-8-7-30-23(13-33)25(34)22-10-16-9-15(5-6-21(16)32-22)17-11-24(26(29)31-12-17)35-14-18-19(27)3-2-4-20(18)28/h2-6,9-12,23,30,32H,7-8,13-14H2,1H3,(H2,29,31). The zero-order valence-electron chi connectivity index (χ0n) is 19.1. The Kier molecular flexibility index (Phi) is 6.67. The summed E-state index contributed by atoms with van der Waals surface area (Å²) in [4.78, 5) is 22.7. The number of ketones is 1. The van der Waals surface area contributed by atoms with Crippen LogP contribution in [0.15, 0.2) is 54.7 Å². The van der Waals surface area contributed by atoms with Crippen LogP contribution in [0, 0.1) is 0 Å². The second-order valence-electron chi connectivity index (χ2n) is 8.71. The smallest absolute Gasteiger partial charge is 0.197 e. The number of nitrogen functional groups attached to an aromatic ring is 1. The van der Waals surface area contributed by atoms with Gasteiger partial charge in [0.25, 0.3) is 0 Å². The Labute approximate surface area is 213 Å². The molecule has 9 heteroatoms. The fourth-order valence-electron chi connectivity index (χ4n) is 4.25. The van der Waals surface area contributed by atoms with E-state index in [1.54, 1.807) is 24.4 Å². The van der Waals surface area contributed by atoms with Gasteiger partial charge >= 0.3 is 0 Å². The Morgan fingerprint density at radius 2 is 1.97 bits per heavy atom. The van der Waals surface area contributed by atoms with Crippen LogP contribution in [-0.4, -0.2) is 53.4 Å². The number of rotatable bonds is 6. The number of ether oxygens (including phenoxy) is 1. The number of Topliss-reactive ketones (excluding diaryl/α,β-unsaturated/α-hetero) is 1. The molecule has 1 atom stereocenters. The number of H-pyrrole nitrogens is 1. The number of carbonyl (C=O) groups is 1. The maximum atomic E-state index is 13.0. The number of halogens is 2. The van der Waals surface area contributed by atoms with Crippen LogP contribution in [0.2, 0.25) is 10.0 Å². The van der Waals surface area contributed by atoms with Gasteiger partial charge in [0, 0.05) is 57.9 Å². The lowest BCUT2D eigenvalue weighted by Gasteiger charge is -2.29. The SMILES string of the molecule is CN1CCNC(C(=O)c2cc3cc(-c4cnc(N)c(OCc5c(Cl)cccc5Cl)c4)ccc3[nH]2)C1. The molecule has 35 heavy (non-hydrogen) atoms. The molecule has 7 nitrogen and oxygen atoms in total. The highest BCUT2D eigenvalue weighted by molar-refractivity contribution is 6.35. The summed E-state index contributed by atoms with van der Waals surface area (Å²) in [5, 5.41) is 5.30. The third kappa shape index (κ3) is 4.99. The molecule has 4 aromatic rings. The number of likely N-dealkylation sites (N-methyl/N-ethyl adjacent to an activating group) is 1. The van der Waals surface area contributed by atoms with Crippen molar-refractivity contribution in [3.8, 4) is 16.9 Å². The van der Waals surface area contributed by atoms with Gasteiger partial charge in [0.2, 0.25) is 0 Å². The molecule has 1 saturated heterocycles. The van der Waals surface area contributed by atoms with E-state index in [2.05, 4.69) is 20.2 Å². The van der Waals surface area contributed by atoms with Crippen LogP contribution in [0.1, 0.15) is 16.1 Å². The molecule has 0 bridgehead atoms. The number of pyridine rings is 1. The van der Waals surface area contributed by atoms with Crippen LogP contribution < -0.4 is 15.8 Å². The van der Waals surface area contributed by atoms with Gasteiger partial charge in [0.1, 0.15) is 6.61 Å². The maximum Gasteiger partial charge on any atom is 0.197 e. The number of carbonyl (C=O) groups excluding carboxylic acids is 1. The number of nitrogens with zero attached hydrogens (tertiary/aromatic N) is 2. The largest absolute Gasteiger partial charge is 0.485 e. The zero-order valence-corrected chi connectivity index (χ0v) is 20.7. The third-order valence-corrected chi connectivity index (χ3v) is 6.94. The fourth-order valence-corrected chi connectivity index (χ4v) is 4.76. The lowest BCUT2D eigenvalue weighted by atomic mass is 10.0. The van der Waals surface area contributed by atoms with Gasteiger partial charge < -0.3 is 25.7 Å². The van der Waals surface area contributed by atoms with Crippen LogP contribution in [-0.2, 0) is 6.61 Å². The van der Waals surface area contributed by atoms with E-state index >= 15 is 0 Å². The lowest BCUT2D eigenvalue weighted by molar-refractivity contribution is 0.0890. The molecular formula is C26H25Cl2N5O2. The Balaban J connectivity index is 1.38. The molecule has 1 fully saturated rings. The molecule has 2 aromatic heterocycles. The highest BCUT2D eigenvalue weighted by atomic mass is 35.5. The van der Waals surface area contributed by atoms with Crippen molar-refractivity contribution >= 4 is 45.7 Å². The molecular weight excluding hydrogens is 485 g/mol. The summed E-state index contributed by atoms with van der Waals surface area (Å²) >= 11 is 12.5. The lowest BCUT2D eigenvalue weighted by Crippen LogP contribution is -2.52. The summed E-state index contributed by atoms with van der Waals surface area (Å²) in [6.07, 6.45) is 1.70. The molecule has 0 aliphatic carbocycles. The average molecular weight is 510 g/mol. The van der Waals surface area contributed by atoms with Crippen molar-refractivity contribution in [2.75, 3.05) is 32.4 Å². The average Bonchev–Trinajstić information content (AvgIpc) is 3.28. The van der Waals surface area contributed by atoms with E-state index in [4.69, 9.17) is 33.7 Å². The van der Waals surface area contributed by atoms with Gasteiger partial charge in [0.05, 0.1) is 11.7 Å². The molecule has 5 rings (SSSR count). The Morgan fingerprint density at radius 1 is 1.17 bits per heavy atom. The first-order valence-corrected chi connectivity index (χ1v) is 12.0. The quantitative estimate of drug-likeness (QED) is 0.323. The number of fused-ring (bicyclic) bond motifs is 1. The van der Waals surface area contributed by atoms with E-state index in [-0.39, 0.29) is 24.2 Å². The van der Waals surface area contributed by atoms with Crippen molar-refractivity contribution in [1.29, 1.82) is 0 Å². The summed E-state index contributed by atoms with van der Waals surface area (Å²) in [5.74, 6) is 0.783. The Bertz CT molecular complexity index is 1380. The van der Waals surface area contributed by atoms with Crippen LogP contribution in [0.4, 0.5) is 5.82 Å². The van der Waals surface area contributed by atoms with Crippen molar-refractivity contribution in [3.05, 3.63) is 76.0 Å². The van der Waals surface area contributed by atoms with Gasteiger partial charge in [-0.15, -0.1) is 0 Å². The molecule has 0 radical (unpaired) electrons. The molecule has 1 unspecified atom stereocenters. The van der Waals surface area contributed by atoms with Gasteiger partial charge in [-0.1, -0.05) is 35.3 Å². The normalized spacial score (nSPS) is 16.5.